The van der Waals surface area contributed by atoms with Crippen LogP contribution in [0.15, 0.2) is 24.3 Å². The van der Waals surface area contributed by atoms with Gasteiger partial charge in [0.05, 0.1) is 19.8 Å². The zero-order valence-electron chi connectivity index (χ0n) is 38.7. The van der Waals surface area contributed by atoms with E-state index in [9.17, 15) is 24.2 Å². The highest BCUT2D eigenvalue weighted by atomic mass is 31.2. The highest BCUT2D eigenvalue weighted by Crippen LogP contribution is 2.43. The molecule has 11 heteroatoms. The topological polar surface area (TPSA) is 149 Å². The van der Waals surface area contributed by atoms with E-state index in [0.717, 1.165) is 51.4 Å². The molecule has 0 saturated heterocycles. The number of hydrogen-bond donors (Lipinski definition) is 3. The molecule has 0 aliphatic rings. The number of phosphoric acid groups is 1. The Balaban J connectivity index is 4.19. The van der Waals surface area contributed by atoms with Crippen LogP contribution < -0.4 is 0 Å². The quantitative estimate of drug-likeness (QED) is 0.0233. The summed E-state index contributed by atoms with van der Waals surface area (Å²) < 4.78 is 32.8. The summed E-state index contributed by atoms with van der Waals surface area (Å²) in [6, 6.07) is 0. The first-order chi connectivity index (χ1) is 29.2. The monoisotopic (exact) mass is 873 g/mol. The van der Waals surface area contributed by atoms with Gasteiger partial charge in [-0.25, -0.2) is 4.57 Å². The molecule has 0 aromatic rings. The van der Waals surface area contributed by atoms with Crippen LogP contribution in [-0.4, -0.2) is 65.7 Å². The zero-order chi connectivity index (χ0) is 44.0. The van der Waals surface area contributed by atoms with E-state index in [1.54, 1.807) is 0 Å². The van der Waals surface area contributed by atoms with E-state index in [4.69, 9.17) is 23.6 Å². The second kappa shape index (κ2) is 45.5. The Morgan fingerprint density at radius 3 is 1.25 bits per heavy atom. The van der Waals surface area contributed by atoms with Gasteiger partial charge in [-0.05, 0) is 57.8 Å². The van der Waals surface area contributed by atoms with Crippen LogP contribution >= 0.6 is 7.82 Å². The molecule has 0 heterocycles. The van der Waals surface area contributed by atoms with Crippen molar-refractivity contribution in [1.29, 1.82) is 0 Å². The number of ether oxygens (including phenoxy) is 2. The van der Waals surface area contributed by atoms with Gasteiger partial charge in [0.2, 0.25) is 0 Å². The Morgan fingerprint density at radius 1 is 0.483 bits per heavy atom. The fourth-order valence-electron chi connectivity index (χ4n) is 6.99. The molecule has 10 nitrogen and oxygen atoms in total. The van der Waals surface area contributed by atoms with E-state index in [-0.39, 0.29) is 19.4 Å². The van der Waals surface area contributed by atoms with Crippen molar-refractivity contribution in [3.63, 3.8) is 0 Å². The van der Waals surface area contributed by atoms with E-state index in [1.165, 1.54) is 148 Å². The molecule has 0 amide bonds. The Hall–Kier alpha value is -1.55. The summed E-state index contributed by atoms with van der Waals surface area (Å²) in [5.41, 5.74) is 0. The summed E-state index contributed by atoms with van der Waals surface area (Å²) >= 11 is 0. The van der Waals surface area contributed by atoms with Gasteiger partial charge in [-0.1, -0.05) is 192 Å². The number of carbonyl (C=O) groups is 2. The standard InChI is InChI=1S/C49H93O10P/c1-3-5-7-9-11-13-15-17-19-20-21-22-23-24-25-26-27-29-31-33-35-37-39-41-49(53)59-47(45-58-60(54,55)57-43-46(51)42-50)44-56-48(52)40-38-36-34-32-30-28-18-16-14-12-10-8-6-4-2/h16,18,33,35,46-47,50-51H,3-15,17,19-32,34,36-45H2,1-2H3,(H,54,55)/b18-16+,35-33+/t46-,47+/m0/s1. The third-order valence-corrected chi connectivity index (χ3v) is 11.8. The van der Waals surface area contributed by atoms with Gasteiger partial charge < -0.3 is 24.6 Å². The average molecular weight is 873 g/mol. The Morgan fingerprint density at radius 2 is 0.833 bits per heavy atom. The second-order valence-corrected chi connectivity index (χ2v) is 18.3. The molecule has 3 atom stereocenters. The Bertz CT molecular complexity index is 1050. The van der Waals surface area contributed by atoms with Crippen molar-refractivity contribution >= 4 is 19.8 Å². The fourth-order valence-corrected chi connectivity index (χ4v) is 7.78. The van der Waals surface area contributed by atoms with Crippen molar-refractivity contribution in [3.05, 3.63) is 24.3 Å². The molecule has 0 spiro atoms. The lowest BCUT2D eigenvalue weighted by molar-refractivity contribution is -0.161. The van der Waals surface area contributed by atoms with Gasteiger partial charge in [0.25, 0.3) is 0 Å². The number of phosphoric ester groups is 1. The summed E-state index contributed by atoms with van der Waals surface area (Å²) in [5, 5.41) is 18.4. The number of unbranched alkanes of at least 4 members (excludes halogenated alkanes) is 29. The van der Waals surface area contributed by atoms with Crippen molar-refractivity contribution in [3.8, 4) is 0 Å². The smallest absolute Gasteiger partial charge is 0.462 e. The van der Waals surface area contributed by atoms with Gasteiger partial charge in [0.15, 0.2) is 6.10 Å². The average Bonchev–Trinajstić information content (AvgIpc) is 3.24. The normalized spacial score (nSPS) is 13.9. The van der Waals surface area contributed by atoms with Gasteiger partial charge in [-0.3, -0.25) is 18.6 Å². The number of rotatable bonds is 47. The lowest BCUT2D eigenvalue weighted by Gasteiger charge is -2.20. The van der Waals surface area contributed by atoms with Crippen LogP contribution in [0.3, 0.4) is 0 Å². The minimum Gasteiger partial charge on any atom is -0.462 e. The third kappa shape index (κ3) is 44.5. The third-order valence-electron chi connectivity index (χ3n) is 10.8. The van der Waals surface area contributed by atoms with Gasteiger partial charge >= 0.3 is 19.8 Å². The SMILES string of the molecule is CCCCCCC/C=C/CCCCCCCC(=O)OC[C@H](COP(=O)(O)OC[C@@H](O)CO)OC(=O)CCC/C=C/CCCCCCCCCCCCCCCCCCCC. The minimum atomic E-state index is -4.63. The summed E-state index contributed by atoms with van der Waals surface area (Å²) in [6.45, 7) is 2.37. The number of esters is 2. The fraction of sp³-hybridized carbons (Fsp3) is 0.878. The van der Waals surface area contributed by atoms with Gasteiger partial charge in [0.1, 0.15) is 12.7 Å². The van der Waals surface area contributed by atoms with Crippen LogP contribution in [-0.2, 0) is 32.7 Å². The van der Waals surface area contributed by atoms with Crippen molar-refractivity contribution in [2.75, 3.05) is 26.4 Å². The van der Waals surface area contributed by atoms with Crippen LogP contribution in [0.25, 0.3) is 0 Å². The number of allylic oxidation sites excluding steroid dienone is 4. The van der Waals surface area contributed by atoms with E-state index in [2.05, 4.69) is 38.2 Å². The first-order valence-electron chi connectivity index (χ1n) is 24.8. The molecule has 0 fully saturated rings. The maximum absolute atomic E-state index is 12.6. The molecular formula is C49H93O10P. The van der Waals surface area contributed by atoms with E-state index in [1.807, 2.05) is 0 Å². The van der Waals surface area contributed by atoms with Crippen LogP contribution in [0.4, 0.5) is 0 Å². The predicted octanol–water partition coefficient (Wildman–Crippen LogP) is 13.7. The molecule has 60 heavy (non-hydrogen) atoms. The Labute approximate surface area is 368 Å². The summed E-state index contributed by atoms with van der Waals surface area (Å²) in [4.78, 5) is 35.1. The van der Waals surface area contributed by atoms with Crippen LogP contribution in [0, 0.1) is 0 Å². The predicted molar refractivity (Wildman–Crippen MR) is 247 cm³/mol. The van der Waals surface area contributed by atoms with Crippen molar-refractivity contribution in [2.24, 2.45) is 0 Å². The van der Waals surface area contributed by atoms with Gasteiger partial charge in [-0.2, -0.15) is 0 Å². The largest absolute Gasteiger partial charge is 0.472 e. The number of aliphatic hydroxyl groups is 2. The van der Waals surface area contributed by atoms with Crippen molar-refractivity contribution in [1.82, 2.24) is 0 Å². The lowest BCUT2D eigenvalue weighted by Crippen LogP contribution is -2.29. The molecule has 0 aliphatic carbocycles. The molecule has 0 radical (unpaired) electrons. The minimum absolute atomic E-state index is 0.138. The van der Waals surface area contributed by atoms with E-state index in [0.29, 0.717) is 12.8 Å². The first kappa shape index (κ1) is 58.5. The molecule has 1 unspecified atom stereocenters. The molecule has 0 aliphatic heterocycles. The van der Waals surface area contributed by atoms with Crippen LogP contribution in [0.5, 0.6) is 0 Å². The Kier molecular flexibility index (Phi) is 44.3. The van der Waals surface area contributed by atoms with Crippen LogP contribution in [0.1, 0.15) is 239 Å². The second-order valence-electron chi connectivity index (χ2n) is 16.8. The van der Waals surface area contributed by atoms with Gasteiger partial charge in [-0.15, -0.1) is 0 Å². The number of carbonyl (C=O) groups excluding carboxylic acids is 2. The molecule has 0 saturated carbocycles. The maximum atomic E-state index is 12.6. The van der Waals surface area contributed by atoms with Crippen molar-refractivity contribution < 1.29 is 47.8 Å². The highest BCUT2D eigenvalue weighted by Gasteiger charge is 2.27. The molecule has 0 aromatic heterocycles. The summed E-state index contributed by atoms with van der Waals surface area (Å²) in [5.74, 6) is -0.963. The lowest BCUT2D eigenvalue weighted by atomic mass is 10.0. The van der Waals surface area contributed by atoms with Crippen LogP contribution in [0.2, 0.25) is 0 Å². The number of hydrogen-bond acceptors (Lipinski definition) is 9. The zero-order valence-corrected chi connectivity index (χ0v) is 39.6. The van der Waals surface area contributed by atoms with Gasteiger partial charge in [0, 0.05) is 12.8 Å². The molecule has 0 rings (SSSR count). The molecule has 354 valence electrons. The summed E-state index contributed by atoms with van der Waals surface area (Å²) in [6.07, 6.45) is 47.3. The molecule has 0 aromatic carbocycles. The van der Waals surface area contributed by atoms with E-state index < -0.39 is 51.8 Å². The first-order valence-corrected chi connectivity index (χ1v) is 26.3. The summed E-state index contributed by atoms with van der Waals surface area (Å²) in [7, 11) is -4.63. The molecule has 3 N–H and O–H groups in total. The molecular weight excluding hydrogens is 780 g/mol. The van der Waals surface area contributed by atoms with E-state index >= 15 is 0 Å². The number of aliphatic hydroxyl groups excluding tert-OH is 2. The molecule has 0 bridgehead atoms. The highest BCUT2D eigenvalue weighted by molar-refractivity contribution is 7.47. The van der Waals surface area contributed by atoms with Crippen molar-refractivity contribution in [2.45, 2.75) is 251 Å². The maximum Gasteiger partial charge on any atom is 0.472 e.